The largest absolute Gasteiger partial charge is 0.497 e. The fourth-order valence-electron chi connectivity index (χ4n) is 4.36. The van der Waals surface area contributed by atoms with Crippen LogP contribution in [0.25, 0.3) is 0 Å². The van der Waals surface area contributed by atoms with E-state index in [-0.39, 0.29) is 17.6 Å². The third-order valence-corrected chi connectivity index (χ3v) is 7.21. The van der Waals surface area contributed by atoms with Gasteiger partial charge in [-0.3, -0.25) is 9.59 Å². The van der Waals surface area contributed by atoms with Gasteiger partial charge in [0.2, 0.25) is 0 Å². The minimum Gasteiger partial charge on any atom is -0.497 e. The van der Waals surface area contributed by atoms with E-state index in [4.69, 9.17) is 4.74 Å². The van der Waals surface area contributed by atoms with Crippen LogP contribution in [0.1, 0.15) is 57.3 Å². The number of amides is 1. The number of benzene rings is 1. The van der Waals surface area contributed by atoms with Crippen molar-refractivity contribution >= 4 is 23.0 Å². The number of carbonyl (C=O) groups is 2. The minimum absolute atomic E-state index is 0.00492. The highest BCUT2D eigenvalue weighted by atomic mass is 32.1. The molecule has 148 valence electrons. The van der Waals surface area contributed by atoms with E-state index in [0.29, 0.717) is 19.0 Å². The van der Waals surface area contributed by atoms with Crippen molar-refractivity contribution in [3.05, 3.63) is 51.2 Å². The average Bonchev–Trinajstić information content (AvgIpc) is 3.16. The quantitative estimate of drug-likeness (QED) is 0.708. The Bertz CT molecular complexity index is 862. The van der Waals surface area contributed by atoms with Gasteiger partial charge in [-0.1, -0.05) is 6.92 Å². The van der Waals surface area contributed by atoms with Gasteiger partial charge in [-0.2, -0.15) is 0 Å². The number of rotatable bonds is 4. The number of ether oxygens (including phenoxy) is 1. The van der Waals surface area contributed by atoms with Gasteiger partial charge in [-0.05, 0) is 67.9 Å². The van der Waals surface area contributed by atoms with Crippen molar-refractivity contribution in [2.24, 2.45) is 11.8 Å². The summed E-state index contributed by atoms with van der Waals surface area (Å²) < 4.78 is 5.16. The Balaban J connectivity index is 1.38. The Morgan fingerprint density at radius 2 is 1.82 bits per heavy atom. The monoisotopic (exact) mass is 397 g/mol. The first-order valence-electron chi connectivity index (χ1n) is 10.1. The molecule has 0 radical (unpaired) electrons. The lowest BCUT2D eigenvalue weighted by molar-refractivity contribution is 0.0649. The maximum absolute atomic E-state index is 13.1. The number of thiophene rings is 1. The van der Waals surface area contributed by atoms with Gasteiger partial charge in [0.1, 0.15) is 5.75 Å². The number of Topliss-reactive ketones (excluding diaryl/α,β-unsaturated/α-hetero) is 1. The maximum atomic E-state index is 13.1. The summed E-state index contributed by atoms with van der Waals surface area (Å²) >= 11 is 1.74. The highest BCUT2D eigenvalue weighted by Gasteiger charge is 2.31. The topological polar surface area (TPSA) is 46.6 Å². The number of fused-ring (bicyclic) bond motifs is 1. The molecule has 1 saturated heterocycles. The number of ketones is 1. The number of nitrogens with zero attached hydrogens (tertiary/aromatic N) is 1. The molecular formula is C23H27NO3S. The minimum atomic E-state index is -0.00492. The van der Waals surface area contributed by atoms with E-state index in [9.17, 15) is 9.59 Å². The summed E-state index contributed by atoms with van der Waals surface area (Å²) in [5, 5.41) is 2.06. The van der Waals surface area contributed by atoms with Crippen LogP contribution < -0.4 is 4.74 Å². The third-order valence-electron chi connectivity index (χ3n) is 6.16. The molecule has 1 aliphatic heterocycles. The normalized spacial score (nSPS) is 19.9. The van der Waals surface area contributed by atoms with Gasteiger partial charge in [0.15, 0.2) is 5.78 Å². The van der Waals surface area contributed by atoms with Crippen LogP contribution in [0.2, 0.25) is 0 Å². The summed E-state index contributed by atoms with van der Waals surface area (Å²) in [5.41, 5.74) is 2.92. The van der Waals surface area contributed by atoms with E-state index in [1.54, 1.807) is 18.4 Å². The van der Waals surface area contributed by atoms with Crippen LogP contribution in [0.5, 0.6) is 5.75 Å². The van der Waals surface area contributed by atoms with Crippen LogP contribution in [0.3, 0.4) is 0 Å². The fraction of sp³-hybridized carbons (Fsp3) is 0.478. The number of carbonyl (C=O) groups excluding carboxylic acids is 2. The van der Waals surface area contributed by atoms with Crippen LogP contribution in [0.15, 0.2) is 29.6 Å². The van der Waals surface area contributed by atoms with Gasteiger partial charge in [-0.25, -0.2) is 0 Å². The zero-order valence-corrected chi connectivity index (χ0v) is 17.4. The van der Waals surface area contributed by atoms with Crippen LogP contribution in [0.4, 0.5) is 0 Å². The Hall–Kier alpha value is -2.14. The van der Waals surface area contributed by atoms with Gasteiger partial charge in [0, 0.05) is 34.8 Å². The molecule has 1 unspecified atom stereocenters. The van der Waals surface area contributed by atoms with Gasteiger partial charge in [0.25, 0.3) is 5.91 Å². The first kappa shape index (κ1) is 19.2. The molecule has 2 aliphatic rings. The molecule has 2 aromatic rings. The summed E-state index contributed by atoms with van der Waals surface area (Å²) in [6.07, 6.45) is 4.77. The van der Waals surface area contributed by atoms with Gasteiger partial charge < -0.3 is 9.64 Å². The number of piperidine rings is 1. The zero-order valence-electron chi connectivity index (χ0n) is 16.6. The fourth-order valence-corrected chi connectivity index (χ4v) is 5.60. The number of likely N-dealkylation sites (tertiary alicyclic amines) is 1. The van der Waals surface area contributed by atoms with E-state index in [1.165, 1.54) is 16.9 Å². The predicted molar refractivity (Wildman–Crippen MR) is 111 cm³/mol. The Morgan fingerprint density at radius 3 is 2.50 bits per heavy atom. The molecule has 0 N–H and O–H groups in total. The Kier molecular flexibility index (Phi) is 5.54. The Morgan fingerprint density at radius 1 is 1.11 bits per heavy atom. The highest BCUT2D eigenvalue weighted by Crippen LogP contribution is 2.34. The number of hydrogen-bond acceptors (Lipinski definition) is 4. The molecule has 4 nitrogen and oxygen atoms in total. The van der Waals surface area contributed by atoms with E-state index >= 15 is 0 Å². The van der Waals surface area contributed by atoms with E-state index in [1.807, 2.05) is 29.2 Å². The van der Waals surface area contributed by atoms with Gasteiger partial charge in [0.05, 0.1) is 12.7 Å². The lowest BCUT2D eigenvalue weighted by Crippen LogP contribution is -2.40. The second kappa shape index (κ2) is 8.08. The lowest BCUT2D eigenvalue weighted by atomic mass is 9.87. The number of hydrogen-bond donors (Lipinski definition) is 0. The first-order chi connectivity index (χ1) is 13.6. The lowest BCUT2D eigenvalue weighted by Gasteiger charge is -2.32. The van der Waals surface area contributed by atoms with E-state index < -0.39 is 0 Å². The predicted octanol–water partition coefficient (Wildman–Crippen LogP) is 4.62. The second-order valence-electron chi connectivity index (χ2n) is 8.06. The molecule has 28 heavy (non-hydrogen) atoms. The molecule has 0 spiro atoms. The average molecular weight is 398 g/mol. The zero-order chi connectivity index (χ0) is 19.7. The molecule has 1 aliphatic carbocycles. The highest BCUT2D eigenvalue weighted by molar-refractivity contribution is 7.10. The van der Waals surface area contributed by atoms with Crippen molar-refractivity contribution in [3.63, 3.8) is 0 Å². The van der Waals surface area contributed by atoms with Crippen molar-refractivity contribution in [2.75, 3.05) is 20.2 Å². The van der Waals surface area contributed by atoms with Crippen LogP contribution in [-0.2, 0) is 12.8 Å². The molecule has 1 atom stereocenters. The van der Waals surface area contributed by atoms with E-state index in [2.05, 4.69) is 12.3 Å². The van der Waals surface area contributed by atoms with Crippen molar-refractivity contribution in [1.82, 2.24) is 4.90 Å². The molecule has 2 heterocycles. The molecule has 1 amide bonds. The number of methoxy groups -OCH3 is 1. The van der Waals surface area contributed by atoms with Crippen molar-refractivity contribution < 1.29 is 14.3 Å². The molecule has 1 aromatic carbocycles. The second-order valence-corrected chi connectivity index (χ2v) is 9.02. The van der Waals surface area contributed by atoms with Crippen molar-refractivity contribution in [2.45, 2.75) is 39.0 Å². The molecule has 0 bridgehead atoms. The van der Waals surface area contributed by atoms with E-state index in [0.717, 1.165) is 42.6 Å². The summed E-state index contributed by atoms with van der Waals surface area (Å²) in [6.45, 7) is 3.60. The van der Waals surface area contributed by atoms with Crippen molar-refractivity contribution in [3.8, 4) is 5.75 Å². The van der Waals surface area contributed by atoms with Crippen LogP contribution in [-0.4, -0.2) is 36.8 Å². The smallest absolute Gasteiger partial charge is 0.254 e. The molecule has 5 heteroatoms. The summed E-state index contributed by atoms with van der Waals surface area (Å²) in [6, 6.07) is 7.31. The van der Waals surface area contributed by atoms with Crippen molar-refractivity contribution in [1.29, 1.82) is 0 Å². The molecular weight excluding hydrogens is 370 g/mol. The van der Waals surface area contributed by atoms with Gasteiger partial charge >= 0.3 is 0 Å². The van der Waals surface area contributed by atoms with Crippen LogP contribution in [0, 0.1) is 11.8 Å². The molecule has 1 fully saturated rings. The third kappa shape index (κ3) is 3.72. The molecule has 1 aromatic heterocycles. The molecule has 4 rings (SSSR count). The maximum Gasteiger partial charge on any atom is 0.254 e. The standard InChI is InChI=1S/C23H27NO3S/c1-15-3-8-19-20(14-28-21(19)13-15)23(26)24-11-9-17(10-12-24)22(25)16-4-6-18(27-2)7-5-16/h4-7,14-15,17H,3,8-13H2,1-2H3. The molecule has 0 saturated carbocycles. The van der Waals surface area contributed by atoms with Gasteiger partial charge in [-0.15, -0.1) is 11.3 Å². The summed E-state index contributed by atoms with van der Waals surface area (Å²) in [4.78, 5) is 29.2. The summed E-state index contributed by atoms with van der Waals surface area (Å²) in [5.74, 6) is 1.80. The summed E-state index contributed by atoms with van der Waals surface area (Å²) in [7, 11) is 1.62. The first-order valence-corrected chi connectivity index (χ1v) is 11.0. The van der Waals surface area contributed by atoms with Crippen LogP contribution >= 0.6 is 11.3 Å². The Labute approximate surface area is 170 Å². The SMILES string of the molecule is COc1ccc(C(=O)C2CCN(C(=O)c3csc4c3CCC(C)C4)CC2)cc1.